The molecule has 0 bridgehead atoms. The highest BCUT2D eigenvalue weighted by Gasteiger charge is 2.20. The van der Waals surface area contributed by atoms with Crippen molar-refractivity contribution in [3.8, 4) is 0 Å². The molecule has 0 aliphatic rings. The summed E-state index contributed by atoms with van der Waals surface area (Å²) in [6, 6.07) is 12.3. The van der Waals surface area contributed by atoms with Gasteiger partial charge in [-0.05, 0) is 16.8 Å². The normalized spacial score (nSPS) is 12.2. The van der Waals surface area contributed by atoms with E-state index in [0.29, 0.717) is 5.56 Å². The largest absolute Gasteiger partial charge is 0.264 e. The maximum Gasteiger partial charge on any atom is 0.256 e. The summed E-state index contributed by atoms with van der Waals surface area (Å²) in [5, 5.41) is 12.8. The molecule has 3 heteroatoms. The van der Waals surface area contributed by atoms with E-state index in [2.05, 4.69) is 6.58 Å². The minimum atomic E-state index is -0.842. The fourth-order valence-corrected chi connectivity index (χ4v) is 1.83. The fourth-order valence-electron chi connectivity index (χ4n) is 1.83. The lowest BCUT2D eigenvalue weighted by Gasteiger charge is -2.08. The molecule has 80 valence electrons. The number of nitro groups is 1. The van der Waals surface area contributed by atoms with E-state index in [4.69, 9.17) is 0 Å². The minimum Gasteiger partial charge on any atom is -0.264 e. The van der Waals surface area contributed by atoms with Crippen LogP contribution in [0, 0.1) is 10.1 Å². The molecule has 0 heterocycles. The van der Waals surface area contributed by atoms with E-state index in [1.165, 1.54) is 6.08 Å². The Morgan fingerprint density at radius 2 is 1.88 bits per heavy atom. The predicted molar refractivity (Wildman–Crippen MR) is 63.9 cm³/mol. The SMILES string of the molecule is C=CC(c1cccc2ccccc12)[N+](=O)[O-]. The zero-order chi connectivity index (χ0) is 11.5. The van der Waals surface area contributed by atoms with E-state index < -0.39 is 6.04 Å². The van der Waals surface area contributed by atoms with E-state index in [9.17, 15) is 10.1 Å². The van der Waals surface area contributed by atoms with E-state index in [1.807, 2.05) is 36.4 Å². The van der Waals surface area contributed by atoms with Gasteiger partial charge >= 0.3 is 0 Å². The van der Waals surface area contributed by atoms with Crippen molar-refractivity contribution < 1.29 is 4.92 Å². The number of rotatable bonds is 3. The average Bonchev–Trinajstić information content (AvgIpc) is 2.30. The first kappa shape index (κ1) is 10.4. The van der Waals surface area contributed by atoms with Gasteiger partial charge in [0.25, 0.3) is 6.04 Å². The smallest absolute Gasteiger partial charge is 0.256 e. The number of hydrogen-bond acceptors (Lipinski definition) is 2. The summed E-state index contributed by atoms with van der Waals surface area (Å²) in [5.41, 5.74) is 0.693. The van der Waals surface area contributed by atoms with Crippen LogP contribution in [0.1, 0.15) is 11.6 Å². The third kappa shape index (κ3) is 1.67. The molecule has 1 atom stereocenters. The Balaban J connectivity index is 2.68. The number of hydrogen-bond donors (Lipinski definition) is 0. The maximum absolute atomic E-state index is 10.9. The van der Waals surface area contributed by atoms with Crippen molar-refractivity contribution in [2.24, 2.45) is 0 Å². The second kappa shape index (κ2) is 4.14. The predicted octanol–water partition coefficient (Wildman–Crippen LogP) is 3.34. The third-order valence-corrected chi connectivity index (χ3v) is 2.59. The molecule has 2 rings (SSSR count). The van der Waals surface area contributed by atoms with Crippen LogP contribution in [0.15, 0.2) is 55.1 Å². The van der Waals surface area contributed by atoms with E-state index >= 15 is 0 Å². The van der Waals surface area contributed by atoms with Gasteiger partial charge in [-0.3, -0.25) is 10.1 Å². The van der Waals surface area contributed by atoms with Gasteiger partial charge in [0.1, 0.15) is 0 Å². The molecular weight excluding hydrogens is 202 g/mol. The highest BCUT2D eigenvalue weighted by atomic mass is 16.6. The third-order valence-electron chi connectivity index (χ3n) is 2.59. The summed E-state index contributed by atoms with van der Waals surface area (Å²) < 4.78 is 0. The van der Waals surface area contributed by atoms with Crippen LogP contribution in [0.4, 0.5) is 0 Å². The zero-order valence-corrected chi connectivity index (χ0v) is 8.67. The average molecular weight is 213 g/mol. The number of nitrogens with zero attached hydrogens (tertiary/aromatic N) is 1. The molecule has 0 spiro atoms. The number of benzene rings is 2. The molecular formula is C13H11NO2. The Labute approximate surface area is 93.2 Å². The molecule has 2 aromatic rings. The van der Waals surface area contributed by atoms with Crippen molar-refractivity contribution in [2.45, 2.75) is 6.04 Å². The van der Waals surface area contributed by atoms with Gasteiger partial charge < -0.3 is 0 Å². The molecule has 0 amide bonds. The van der Waals surface area contributed by atoms with E-state index in [-0.39, 0.29) is 4.92 Å². The summed E-state index contributed by atoms with van der Waals surface area (Å²) >= 11 is 0. The molecule has 0 saturated heterocycles. The van der Waals surface area contributed by atoms with Gasteiger partial charge in [0, 0.05) is 10.5 Å². The lowest BCUT2D eigenvalue weighted by atomic mass is 9.99. The summed E-state index contributed by atoms with van der Waals surface area (Å²) in [4.78, 5) is 10.6. The topological polar surface area (TPSA) is 43.1 Å². The van der Waals surface area contributed by atoms with Crippen molar-refractivity contribution in [1.29, 1.82) is 0 Å². The summed E-state index contributed by atoms with van der Waals surface area (Å²) in [6.07, 6.45) is 1.36. The van der Waals surface area contributed by atoms with Gasteiger partial charge in [-0.2, -0.15) is 0 Å². The Morgan fingerprint density at radius 3 is 2.56 bits per heavy atom. The summed E-state index contributed by atoms with van der Waals surface area (Å²) in [6.45, 7) is 3.52. The zero-order valence-electron chi connectivity index (χ0n) is 8.67. The summed E-state index contributed by atoms with van der Waals surface area (Å²) in [7, 11) is 0. The van der Waals surface area contributed by atoms with Crippen LogP contribution in [-0.4, -0.2) is 4.92 Å². The lowest BCUT2D eigenvalue weighted by molar-refractivity contribution is -0.515. The fraction of sp³-hybridized carbons (Fsp3) is 0.0769. The first-order chi connectivity index (χ1) is 7.74. The van der Waals surface area contributed by atoms with Crippen molar-refractivity contribution >= 4 is 10.8 Å². The maximum atomic E-state index is 10.9. The summed E-state index contributed by atoms with van der Waals surface area (Å²) in [5.74, 6) is 0. The molecule has 0 aromatic heterocycles. The highest BCUT2D eigenvalue weighted by molar-refractivity contribution is 5.86. The Hall–Kier alpha value is -2.16. The van der Waals surface area contributed by atoms with Crippen LogP contribution in [0.25, 0.3) is 10.8 Å². The monoisotopic (exact) mass is 213 g/mol. The molecule has 1 unspecified atom stereocenters. The molecule has 16 heavy (non-hydrogen) atoms. The van der Waals surface area contributed by atoms with Gasteiger partial charge in [-0.1, -0.05) is 49.0 Å². The van der Waals surface area contributed by atoms with Crippen molar-refractivity contribution in [1.82, 2.24) is 0 Å². The van der Waals surface area contributed by atoms with Crippen molar-refractivity contribution in [2.75, 3.05) is 0 Å². The first-order valence-corrected chi connectivity index (χ1v) is 4.97. The Bertz CT molecular complexity index is 543. The van der Waals surface area contributed by atoms with Crippen molar-refractivity contribution in [3.63, 3.8) is 0 Å². The van der Waals surface area contributed by atoms with Gasteiger partial charge in [-0.15, -0.1) is 0 Å². The van der Waals surface area contributed by atoms with Crippen LogP contribution in [0.2, 0.25) is 0 Å². The van der Waals surface area contributed by atoms with Gasteiger partial charge in [0.05, 0.1) is 0 Å². The minimum absolute atomic E-state index is 0.325. The van der Waals surface area contributed by atoms with E-state index in [1.54, 1.807) is 6.07 Å². The van der Waals surface area contributed by atoms with Gasteiger partial charge in [0.2, 0.25) is 0 Å². The molecule has 3 nitrogen and oxygen atoms in total. The standard InChI is InChI=1S/C13H11NO2/c1-2-13(14(15)16)12-9-5-7-10-6-3-4-8-11(10)12/h2-9,13H,1H2. The Kier molecular flexibility index (Phi) is 2.68. The van der Waals surface area contributed by atoms with Gasteiger partial charge in [0.15, 0.2) is 0 Å². The van der Waals surface area contributed by atoms with Crippen LogP contribution in [-0.2, 0) is 0 Å². The van der Waals surface area contributed by atoms with Crippen molar-refractivity contribution in [3.05, 3.63) is 70.8 Å². The Morgan fingerprint density at radius 1 is 1.19 bits per heavy atom. The molecule has 0 saturated carbocycles. The molecule has 0 radical (unpaired) electrons. The van der Waals surface area contributed by atoms with Crippen LogP contribution in [0.3, 0.4) is 0 Å². The highest BCUT2D eigenvalue weighted by Crippen LogP contribution is 2.26. The molecule has 2 aromatic carbocycles. The first-order valence-electron chi connectivity index (χ1n) is 4.97. The van der Waals surface area contributed by atoms with Gasteiger partial charge in [-0.25, -0.2) is 0 Å². The quantitative estimate of drug-likeness (QED) is 0.446. The van der Waals surface area contributed by atoms with Crippen LogP contribution >= 0.6 is 0 Å². The second-order valence-electron chi connectivity index (χ2n) is 3.53. The second-order valence-corrected chi connectivity index (χ2v) is 3.53. The van der Waals surface area contributed by atoms with Crippen LogP contribution < -0.4 is 0 Å². The lowest BCUT2D eigenvalue weighted by Crippen LogP contribution is -2.07. The molecule has 0 aliphatic carbocycles. The van der Waals surface area contributed by atoms with E-state index in [0.717, 1.165) is 10.8 Å². The molecule has 0 aliphatic heterocycles. The molecule has 0 fully saturated rings. The van der Waals surface area contributed by atoms with Crippen LogP contribution in [0.5, 0.6) is 0 Å². The molecule has 0 N–H and O–H groups in total. The number of fused-ring (bicyclic) bond motifs is 1.